The summed E-state index contributed by atoms with van der Waals surface area (Å²) in [6.45, 7) is 2.58. The van der Waals surface area contributed by atoms with Crippen molar-refractivity contribution in [2.45, 2.75) is 13.5 Å². The Bertz CT molecular complexity index is 546. The van der Waals surface area contributed by atoms with Crippen LogP contribution in [0.5, 0.6) is 0 Å². The molecule has 7 heteroatoms. The summed E-state index contributed by atoms with van der Waals surface area (Å²) < 4.78 is 1.61. The first kappa shape index (κ1) is 11.6. The average Bonchev–Trinajstić information content (AvgIpc) is 2.82. The first-order valence-corrected chi connectivity index (χ1v) is 5.95. The fraction of sp³-hybridized carbons (Fsp3) is 0.300. The van der Waals surface area contributed by atoms with E-state index in [4.69, 9.17) is 0 Å². The molecule has 2 aromatic rings. The van der Waals surface area contributed by atoms with Crippen LogP contribution in [0.4, 0.5) is 11.6 Å². The van der Waals surface area contributed by atoms with Crippen LogP contribution in [0, 0.1) is 17.0 Å². The van der Waals surface area contributed by atoms with E-state index in [1.165, 1.54) is 11.9 Å². The number of rotatable bonds is 4. The second kappa shape index (κ2) is 4.54. The summed E-state index contributed by atoms with van der Waals surface area (Å²) in [5, 5.41) is 17.9. The van der Waals surface area contributed by atoms with Crippen LogP contribution in [-0.2, 0) is 13.6 Å². The predicted octanol–water partition coefficient (Wildman–Crippen LogP) is 2.31. The number of imidazole rings is 1. The highest BCUT2D eigenvalue weighted by atomic mass is 32.1. The fourth-order valence-electron chi connectivity index (χ4n) is 1.50. The van der Waals surface area contributed by atoms with Crippen molar-refractivity contribution in [1.29, 1.82) is 0 Å². The third-order valence-electron chi connectivity index (χ3n) is 2.50. The molecule has 0 amide bonds. The van der Waals surface area contributed by atoms with Gasteiger partial charge in [0.25, 0.3) is 0 Å². The lowest BCUT2D eigenvalue weighted by Crippen LogP contribution is -2.05. The van der Waals surface area contributed by atoms with Gasteiger partial charge in [-0.2, -0.15) is 11.3 Å². The van der Waals surface area contributed by atoms with Crippen molar-refractivity contribution in [2.75, 3.05) is 5.32 Å². The van der Waals surface area contributed by atoms with E-state index in [9.17, 15) is 10.1 Å². The first-order chi connectivity index (χ1) is 8.09. The van der Waals surface area contributed by atoms with Crippen molar-refractivity contribution in [3.05, 3.63) is 38.3 Å². The zero-order chi connectivity index (χ0) is 12.4. The summed E-state index contributed by atoms with van der Waals surface area (Å²) >= 11 is 1.62. The lowest BCUT2D eigenvalue weighted by Gasteiger charge is -2.05. The molecule has 0 fully saturated rings. The highest BCUT2D eigenvalue weighted by Gasteiger charge is 2.19. The van der Waals surface area contributed by atoms with E-state index in [2.05, 4.69) is 15.7 Å². The molecule has 2 rings (SSSR count). The Morgan fingerprint density at radius 1 is 1.59 bits per heavy atom. The van der Waals surface area contributed by atoms with Gasteiger partial charge in [-0.05, 0) is 38.7 Å². The molecule has 0 bridgehead atoms. The molecule has 0 atom stereocenters. The van der Waals surface area contributed by atoms with Gasteiger partial charge in [-0.15, -0.1) is 0 Å². The minimum atomic E-state index is -0.483. The minimum absolute atomic E-state index is 0.139. The van der Waals surface area contributed by atoms with Crippen LogP contribution in [0.2, 0.25) is 0 Å². The van der Waals surface area contributed by atoms with E-state index >= 15 is 0 Å². The maximum Gasteiger partial charge on any atom is 0.406 e. The van der Waals surface area contributed by atoms with Crippen molar-refractivity contribution < 1.29 is 4.92 Å². The standard InChI is InChI=1S/C10H12N4O2S/c1-7-4-17-5-8(7)3-11-9-10(14(15)16)12-6-13(9)2/h4-6,11H,3H2,1-2H3. The molecule has 0 saturated carbocycles. The third-order valence-corrected chi connectivity index (χ3v) is 3.41. The minimum Gasteiger partial charge on any atom is -0.360 e. The number of hydrogen-bond acceptors (Lipinski definition) is 5. The van der Waals surface area contributed by atoms with E-state index in [0.717, 1.165) is 5.56 Å². The largest absolute Gasteiger partial charge is 0.406 e. The molecule has 0 aliphatic heterocycles. The molecule has 0 aliphatic rings. The van der Waals surface area contributed by atoms with Crippen LogP contribution in [0.1, 0.15) is 11.1 Å². The number of nitro groups is 1. The first-order valence-electron chi connectivity index (χ1n) is 5.01. The average molecular weight is 252 g/mol. The monoisotopic (exact) mass is 252 g/mol. The number of anilines is 1. The zero-order valence-corrected chi connectivity index (χ0v) is 10.3. The Kier molecular flexibility index (Phi) is 3.10. The molecule has 0 aromatic carbocycles. The number of nitrogens with one attached hydrogen (secondary N) is 1. The van der Waals surface area contributed by atoms with E-state index in [1.807, 2.05) is 12.3 Å². The lowest BCUT2D eigenvalue weighted by molar-refractivity contribution is -0.388. The van der Waals surface area contributed by atoms with E-state index < -0.39 is 4.92 Å². The maximum absolute atomic E-state index is 10.8. The molecule has 2 aromatic heterocycles. The summed E-state index contributed by atoms with van der Waals surface area (Å²) in [6.07, 6.45) is 1.43. The molecule has 0 saturated heterocycles. The van der Waals surface area contributed by atoms with Crippen molar-refractivity contribution in [3.8, 4) is 0 Å². The van der Waals surface area contributed by atoms with Gasteiger partial charge in [-0.25, -0.2) is 0 Å². The van der Waals surface area contributed by atoms with Crippen LogP contribution in [0.25, 0.3) is 0 Å². The molecule has 90 valence electrons. The van der Waals surface area contributed by atoms with Crippen LogP contribution in [0.3, 0.4) is 0 Å². The molecule has 0 spiro atoms. The van der Waals surface area contributed by atoms with Crippen molar-refractivity contribution >= 4 is 23.0 Å². The Balaban J connectivity index is 2.16. The van der Waals surface area contributed by atoms with Gasteiger partial charge in [0.1, 0.15) is 0 Å². The summed E-state index contributed by atoms with van der Waals surface area (Å²) in [7, 11) is 1.73. The fourth-order valence-corrected chi connectivity index (χ4v) is 2.36. The van der Waals surface area contributed by atoms with Crippen LogP contribution >= 0.6 is 11.3 Å². The zero-order valence-electron chi connectivity index (χ0n) is 9.51. The normalized spacial score (nSPS) is 10.5. The number of thiophene rings is 1. The van der Waals surface area contributed by atoms with Gasteiger partial charge in [0.2, 0.25) is 12.1 Å². The molecule has 0 aliphatic carbocycles. The highest BCUT2D eigenvalue weighted by Crippen LogP contribution is 2.23. The van der Waals surface area contributed by atoms with Crippen LogP contribution < -0.4 is 5.32 Å². The van der Waals surface area contributed by atoms with Crippen molar-refractivity contribution in [2.24, 2.45) is 7.05 Å². The summed E-state index contributed by atoms with van der Waals surface area (Å²) in [5.74, 6) is 0.293. The Morgan fingerprint density at radius 2 is 2.35 bits per heavy atom. The SMILES string of the molecule is Cc1cscc1CNc1c([N+](=O)[O-])ncn1C. The second-order valence-electron chi connectivity index (χ2n) is 3.72. The van der Waals surface area contributed by atoms with Crippen LogP contribution in [-0.4, -0.2) is 14.5 Å². The molecular formula is C10H12N4O2S. The van der Waals surface area contributed by atoms with Gasteiger partial charge < -0.3 is 15.4 Å². The number of hydrogen-bond donors (Lipinski definition) is 1. The predicted molar refractivity (Wildman–Crippen MR) is 66.2 cm³/mol. The molecule has 6 nitrogen and oxygen atoms in total. The smallest absolute Gasteiger partial charge is 0.360 e. The van der Waals surface area contributed by atoms with E-state index in [-0.39, 0.29) is 5.82 Å². The molecule has 0 radical (unpaired) electrons. The molecule has 1 N–H and O–H groups in total. The maximum atomic E-state index is 10.8. The topological polar surface area (TPSA) is 73.0 Å². The Hall–Kier alpha value is -1.89. The van der Waals surface area contributed by atoms with Crippen molar-refractivity contribution in [1.82, 2.24) is 9.55 Å². The summed E-state index contributed by atoms with van der Waals surface area (Å²) in [4.78, 5) is 14.0. The number of aromatic nitrogens is 2. The molecule has 0 unspecified atom stereocenters. The second-order valence-corrected chi connectivity index (χ2v) is 4.46. The van der Waals surface area contributed by atoms with Crippen LogP contribution in [0.15, 0.2) is 17.1 Å². The Labute approximate surface area is 102 Å². The van der Waals surface area contributed by atoms with E-state index in [0.29, 0.717) is 12.4 Å². The molecule has 17 heavy (non-hydrogen) atoms. The van der Waals surface area contributed by atoms with Gasteiger partial charge in [-0.1, -0.05) is 0 Å². The summed E-state index contributed by atoms with van der Waals surface area (Å²) in [6, 6.07) is 0. The summed E-state index contributed by atoms with van der Waals surface area (Å²) in [5.41, 5.74) is 2.33. The van der Waals surface area contributed by atoms with Gasteiger partial charge in [0.15, 0.2) is 0 Å². The Morgan fingerprint density at radius 3 is 2.94 bits per heavy atom. The quantitative estimate of drug-likeness (QED) is 0.669. The van der Waals surface area contributed by atoms with E-state index in [1.54, 1.807) is 23.0 Å². The third kappa shape index (κ3) is 2.28. The lowest BCUT2D eigenvalue weighted by atomic mass is 10.2. The number of aryl methyl sites for hydroxylation is 2. The van der Waals surface area contributed by atoms with Gasteiger partial charge in [0.05, 0.1) is 0 Å². The molecule has 2 heterocycles. The number of nitrogens with zero attached hydrogens (tertiary/aromatic N) is 3. The van der Waals surface area contributed by atoms with Gasteiger partial charge >= 0.3 is 5.82 Å². The molecular weight excluding hydrogens is 240 g/mol. The van der Waals surface area contributed by atoms with Gasteiger partial charge in [-0.3, -0.25) is 4.57 Å². The van der Waals surface area contributed by atoms with Crippen molar-refractivity contribution in [3.63, 3.8) is 0 Å². The highest BCUT2D eigenvalue weighted by molar-refractivity contribution is 7.08. The van der Waals surface area contributed by atoms with Gasteiger partial charge in [0, 0.05) is 13.6 Å².